The average molecular weight is 309 g/mol. The van der Waals surface area contributed by atoms with Gasteiger partial charge in [0, 0.05) is 51.4 Å². The van der Waals surface area contributed by atoms with Crippen LogP contribution in [0.25, 0.3) is 0 Å². The van der Waals surface area contributed by atoms with Gasteiger partial charge >= 0.3 is 0 Å². The summed E-state index contributed by atoms with van der Waals surface area (Å²) in [6, 6.07) is 6.59. The molecule has 0 aliphatic carbocycles. The zero-order chi connectivity index (χ0) is 15.8. The number of ether oxygens (including phenoxy) is 1. The molecule has 7 heteroatoms. The second kappa shape index (κ2) is 8.79. The summed E-state index contributed by atoms with van der Waals surface area (Å²) in [5, 5.41) is 19.9. The lowest BCUT2D eigenvalue weighted by Crippen LogP contribution is -2.41. The van der Waals surface area contributed by atoms with Crippen LogP contribution in [0.3, 0.4) is 0 Å². The molecule has 0 saturated carbocycles. The normalized spacial score (nSPS) is 16.1. The summed E-state index contributed by atoms with van der Waals surface area (Å²) in [6.45, 7) is 6.65. The molecule has 7 nitrogen and oxygen atoms in total. The maximum Gasteiger partial charge on any atom is 0.269 e. The fourth-order valence-corrected chi connectivity index (χ4v) is 2.50. The van der Waals surface area contributed by atoms with Crippen LogP contribution in [0.5, 0.6) is 0 Å². The molecule has 1 aliphatic rings. The predicted octanol–water partition coefficient (Wildman–Crippen LogP) is 0.721. The van der Waals surface area contributed by atoms with Crippen LogP contribution in [0.1, 0.15) is 5.56 Å². The quantitative estimate of drug-likeness (QED) is 0.563. The molecular formula is C15H23N3O4. The third kappa shape index (κ3) is 5.34. The average Bonchev–Trinajstić information content (AvgIpc) is 2.54. The first-order valence-corrected chi connectivity index (χ1v) is 7.55. The van der Waals surface area contributed by atoms with Crippen molar-refractivity contribution in [2.75, 3.05) is 52.5 Å². The Kier molecular flexibility index (Phi) is 6.73. The number of hydrogen-bond acceptors (Lipinski definition) is 6. The largest absolute Gasteiger partial charge is 0.395 e. The van der Waals surface area contributed by atoms with E-state index in [4.69, 9.17) is 4.74 Å². The van der Waals surface area contributed by atoms with Gasteiger partial charge in [0.15, 0.2) is 0 Å². The zero-order valence-electron chi connectivity index (χ0n) is 12.7. The molecule has 1 fully saturated rings. The standard InChI is InChI=1S/C15H23N3O4/c19-10-7-17(6-5-16-8-11-22-12-9-16)13-14-1-3-15(4-2-14)18(20)21/h1-4,19H,5-13H2. The Morgan fingerprint density at radius 2 is 1.91 bits per heavy atom. The Balaban J connectivity index is 1.85. The summed E-state index contributed by atoms with van der Waals surface area (Å²) in [5.41, 5.74) is 1.12. The number of nitrogens with zero attached hydrogens (tertiary/aromatic N) is 3. The molecule has 0 unspecified atom stereocenters. The van der Waals surface area contributed by atoms with E-state index in [0.717, 1.165) is 45.0 Å². The Bertz CT molecular complexity index is 460. The molecule has 1 heterocycles. The second-order valence-corrected chi connectivity index (χ2v) is 5.38. The summed E-state index contributed by atoms with van der Waals surface area (Å²) in [6.07, 6.45) is 0. The maximum atomic E-state index is 10.7. The number of hydrogen-bond donors (Lipinski definition) is 1. The number of nitro benzene ring substituents is 1. The highest BCUT2D eigenvalue weighted by molar-refractivity contribution is 5.32. The van der Waals surface area contributed by atoms with Crippen LogP contribution in [-0.2, 0) is 11.3 Å². The Morgan fingerprint density at radius 3 is 2.50 bits per heavy atom. The molecule has 2 rings (SSSR count). The molecule has 1 aromatic rings. The Labute approximate surface area is 130 Å². The molecule has 0 aromatic heterocycles. The molecule has 0 atom stereocenters. The minimum atomic E-state index is -0.395. The van der Waals surface area contributed by atoms with E-state index in [1.807, 2.05) is 0 Å². The van der Waals surface area contributed by atoms with E-state index >= 15 is 0 Å². The van der Waals surface area contributed by atoms with Gasteiger partial charge in [-0.25, -0.2) is 0 Å². The van der Waals surface area contributed by atoms with Crippen LogP contribution in [0.4, 0.5) is 5.69 Å². The number of non-ortho nitro benzene ring substituents is 1. The van der Waals surface area contributed by atoms with E-state index in [1.165, 1.54) is 12.1 Å². The van der Waals surface area contributed by atoms with Crippen molar-refractivity contribution in [3.8, 4) is 0 Å². The number of rotatable bonds is 8. The van der Waals surface area contributed by atoms with Gasteiger partial charge in [-0.1, -0.05) is 12.1 Å². The second-order valence-electron chi connectivity index (χ2n) is 5.38. The third-order valence-electron chi connectivity index (χ3n) is 3.81. The molecule has 0 bridgehead atoms. The summed E-state index contributed by atoms with van der Waals surface area (Å²) >= 11 is 0. The van der Waals surface area contributed by atoms with Gasteiger partial charge in [-0.15, -0.1) is 0 Å². The number of morpholine rings is 1. The molecule has 1 aliphatic heterocycles. The highest BCUT2D eigenvalue weighted by Gasteiger charge is 2.13. The molecule has 0 amide bonds. The van der Waals surface area contributed by atoms with Crippen LogP contribution < -0.4 is 0 Å². The lowest BCUT2D eigenvalue weighted by molar-refractivity contribution is -0.384. The predicted molar refractivity (Wildman–Crippen MR) is 82.7 cm³/mol. The molecule has 122 valence electrons. The topological polar surface area (TPSA) is 79.1 Å². The van der Waals surface area contributed by atoms with Crippen molar-refractivity contribution in [3.05, 3.63) is 39.9 Å². The van der Waals surface area contributed by atoms with Crippen LogP contribution in [0, 0.1) is 10.1 Å². The van der Waals surface area contributed by atoms with E-state index < -0.39 is 4.92 Å². The van der Waals surface area contributed by atoms with Crippen LogP contribution in [0.2, 0.25) is 0 Å². The van der Waals surface area contributed by atoms with E-state index in [1.54, 1.807) is 12.1 Å². The van der Waals surface area contributed by atoms with Gasteiger partial charge in [0.25, 0.3) is 5.69 Å². The van der Waals surface area contributed by atoms with E-state index in [2.05, 4.69) is 9.80 Å². The smallest absolute Gasteiger partial charge is 0.269 e. The molecule has 0 spiro atoms. The molecule has 1 saturated heterocycles. The molecule has 1 aromatic carbocycles. The van der Waals surface area contributed by atoms with Crippen molar-refractivity contribution >= 4 is 5.69 Å². The summed E-state index contributed by atoms with van der Waals surface area (Å²) < 4.78 is 5.33. The van der Waals surface area contributed by atoms with Crippen molar-refractivity contribution in [1.82, 2.24) is 9.80 Å². The Morgan fingerprint density at radius 1 is 1.23 bits per heavy atom. The van der Waals surface area contributed by atoms with E-state index in [-0.39, 0.29) is 12.3 Å². The molecule has 22 heavy (non-hydrogen) atoms. The van der Waals surface area contributed by atoms with Crippen LogP contribution in [-0.4, -0.2) is 72.4 Å². The van der Waals surface area contributed by atoms with Gasteiger partial charge in [-0.05, 0) is 5.56 Å². The van der Waals surface area contributed by atoms with Gasteiger partial charge in [-0.3, -0.25) is 19.9 Å². The van der Waals surface area contributed by atoms with Crippen molar-refractivity contribution in [3.63, 3.8) is 0 Å². The first-order chi connectivity index (χ1) is 10.7. The van der Waals surface area contributed by atoms with Crippen molar-refractivity contribution in [1.29, 1.82) is 0 Å². The number of nitro groups is 1. The zero-order valence-corrected chi connectivity index (χ0v) is 12.7. The van der Waals surface area contributed by atoms with Crippen LogP contribution in [0.15, 0.2) is 24.3 Å². The van der Waals surface area contributed by atoms with E-state index in [9.17, 15) is 15.2 Å². The molecule has 0 radical (unpaired) electrons. The fraction of sp³-hybridized carbons (Fsp3) is 0.600. The molecule has 1 N–H and O–H groups in total. The summed E-state index contributed by atoms with van der Waals surface area (Å²) in [7, 11) is 0. The van der Waals surface area contributed by atoms with Crippen molar-refractivity contribution in [2.24, 2.45) is 0 Å². The number of benzene rings is 1. The van der Waals surface area contributed by atoms with Crippen molar-refractivity contribution in [2.45, 2.75) is 6.54 Å². The monoisotopic (exact) mass is 309 g/mol. The fourth-order valence-electron chi connectivity index (χ4n) is 2.50. The summed E-state index contributed by atoms with van der Waals surface area (Å²) in [5.74, 6) is 0. The van der Waals surface area contributed by atoms with Crippen molar-refractivity contribution < 1.29 is 14.8 Å². The van der Waals surface area contributed by atoms with Gasteiger partial charge in [0.05, 0.1) is 24.7 Å². The SMILES string of the molecule is O=[N+]([O-])c1ccc(CN(CCO)CCN2CCOCC2)cc1. The van der Waals surface area contributed by atoms with Gasteiger partial charge in [-0.2, -0.15) is 0 Å². The first-order valence-electron chi connectivity index (χ1n) is 7.55. The highest BCUT2D eigenvalue weighted by atomic mass is 16.6. The lowest BCUT2D eigenvalue weighted by Gasteiger charge is -2.29. The van der Waals surface area contributed by atoms with Gasteiger partial charge in [0.1, 0.15) is 0 Å². The maximum absolute atomic E-state index is 10.7. The lowest BCUT2D eigenvalue weighted by atomic mass is 10.2. The minimum Gasteiger partial charge on any atom is -0.395 e. The third-order valence-corrected chi connectivity index (χ3v) is 3.81. The number of aliphatic hydroxyl groups is 1. The Hall–Kier alpha value is -1.54. The van der Waals surface area contributed by atoms with Crippen LogP contribution >= 0.6 is 0 Å². The molecular weight excluding hydrogens is 286 g/mol. The van der Waals surface area contributed by atoms with E-state index in [0.29, 0.717) is 13.1 Å². The minimum absolute atomic E-state index is 0.103. The first kappa shape index (κ1) is 16.8. The van der Waals surface area contributed by atoms with Gasteiger partial charge in [0.2, 0.25) is 0 Å². The van der Waals surface area contributed by atoms with Gasteiger partial charge < -0.3 is 9.84 Å². The number of aliphatic hydroxyl groups excluding tert-OH is 1. The highest BCUT2D eigenvalue weighted by Crippen LogP contribution is 2.13. The summed E-state index contributed by atoms with van der Waals surface area (Å²) in [4.78, 5) is 14.8.